The van der Waals surface area contributed by atoms with Crippen LogP contribution in [0.2, 0.25) is 0 Å². The number of carbonyl (C=O) groups is 1. The molecule has 0 saturated heterocycles. The second-order valence-electron chi connectivity index (χ2n) is 5.84. The fraction of sp³-hybridized carbons (Fsp3) is 0.158. The predicted molar refractivity (Wildman–Crippen MR) is 106 cm³/mol. The van der Waals surface area contributed by atoms with Crippen molar-refractivity contribution >= 4 is 29.0 Å². The predicted octanol–water partition coefficient (Wildman–Crippen LogP) is 3.16. The van der Waals surface area contributed by atoms with Gasteiger partial charge in [-0.05, 0) is 43.3 Å². The lowest BCUT2D eigenvalue weighted by molar-refractivity contribution is 0.252. The lowest BCUT2D eigenvalue weighted by Gasteiger charge is -2.09. The molecule has 2 amide bonds. The third-order valence-electron chi connectivity index (χ3n) is 3.64. The number of carbonyl (C=O) groups excluding carboxylic acids is 1. The van der Waals surface area contributed by atoms with E-state index in [-0.39, 0.29) is 6.03 Å². The molecule has 8 nitrogen and oxygen atoms in total. The van der Waals surface area contributed by atoms with Gasteiger partial charge in [0.2, 0.25) is 0 Å². The minimum Gasteiger partial charge on any atom is -0.367 e. The van der Waals surface area contributed by atoms with Crippen molar-refractivity contribution in [2.75, 3.05) is 29.0 Å². The van der Waals surface area contributed by atoms with E-state index in [1.54, 1.807) is 12.4 Å². The van der Waals surface area contributed by atoms with Crippen molar-refractivity contribution in [1.82, 2.24) is 20.5 Å². The number of aryl methyl sites for hydroxylation is 1. The molecule has 0 saturated carbocycles. The molecule has 1 aromatic carbocycles. The first kappa shape index (κ1) is 18.1. The normalized spacial score (nSPS) is 10.1. The first-order chi connectivity index (χ1) is 13.2. The summed E-state index contributed by atoms with van der Waals surface area (Å²) in [6, 6.07) is 14.7. The molecule has 3 rings (SSSR count). The van der Waals surface area contributed by atoms with Crippen LogP contribution in [0.1, 0.15) is 5.56 Å². The van der Waals surface area contributed by atoms with E-state index >= 15 is 0 Å². The van der Waals surface area contributed by atoms with Gasteiger partial charge in [-0.3, -0.25) is 4.98 Å². The summed E-state index contributed by atoms with van der Waals surface area (Å²) in [5.74, 6) is 1.28. The van der Waals surface area contributed by atoms with E-state index in [0.717, 1.165) is 16.9 Å². The molecule has 2 heterocycles. The molecule has 0 aliphatic rings. The summed E-state index contributed by atoms with van der Waals surface area (Å²) in [5, 5.41) is 20.0. The highest BCUT2D eigenvalue weighted by Crippen LogP contribution is 2.13. The standard InChI is InChI=1S/C19H21N7O/c1-14-2-4-15(5-3-14)24-19(27)22-13-12-21-17-6-7-18(26-25-17)23-16-8-10-20-11-9-16/h2-11H,12-13H2,1H3,(H,21,25)(H,20,23,26)(H2,22,24,27). The highest BCUT2D eigenvalue weighted by atomic mass is 16.2. The summed E-state index contributed by atoms with van der Waals surface area (Å²) in [6.45, 7) is 2.99. The van der Waals surface area contributed by atoms with Gasteiger partial charge in [-0.25, -0.2) is 4.79 Å². The van der Waals surface area contributed by atoms with Crippen molar-refractivity contribution < 1.29 is 4.79 Å². The molecule has 0 radical (unpaired) electrons. The van der Waals surface area contributed by atoms with Crippen molar-refractivity contribution in [3.05, 3.63) is 66.5 Å². The first-order valence-electron chi connectivity index (χ1n) is 8.55. The van der Waals surface area contributed by atoms with Crippen LogP contribution in [0.5, 0.6) is 0 Å². The maximum absolute atomic E-state index is 11.8. The molecule has 0 spiro atoms. The smallest absolute Gasteiger partial charge is 0.319 e. The van der Waals surface area contributed by atoms with E-state index < -0.39 is 0 Å². The largest absolute Gasteiger partial charge is 0.367 e. The van der Waals surface area contributed by atoms with Crippen molar-refractivity contribution in [3.63, 3.8) is 0 Å². The zero-order valence-electron chi connectivity index (χ0n) is 14.9. The van der Waals surface area contributed by atoms with Crippen molar-refractivity contribution in [2.45, 2.75) is 6.92 Å². The van der Waals surface area contributed by atoms with Gasteiger partial charge in [0.1, 0.15) is 5.82 Å². The number of urea groups is 1. The van der Waals surface area contributed by atoms with Crippen molar-refractivity contribution in [1.29, 1.82) is 0 Å². The molecule has 8 heteroatoms. The van der Waals surface area contributed by atoms with Crippen LogP contribution >= 0.6 is 0 Å². The Bertz CT molecular complexity index is 851. The van der Waals surface area contributed by atoms with E-state index in [1.807, 2.05) is 55.5 Å². The van der Waals surface area contributed by atoms with Crippen LogP contribution in [0.4, 0.5) is 27.8 Å². The van der Waals surface area contributed by atoms with Gasteiger partial charge in [0.15, 0.2) is 5.82 Å². The van der Waals surface area contributed by atoms with Gasteiger partial charge < -0.3 is 21.3 Å². The van der Waals surface area contributed by atoms with E-state index in [9.17, 15) is 4.79 Å². The molecule has 0 aliphatic carbocycles. The molecule has 138 valence electrons. The fourth-order valence-electron chi connectivity index (χ4n) is 2.26. The molecular weight excluding hydrogens is 342 g/mol. The van der Waals surface area contributed by atoms with Crippen LogP contribution in [0, 0.1) is 6.92 Å². The maximum Gasteiger partial charge on any atom is 0.319 e. The van der Waals surface area contributed by atoms with Gasteiger partial charge in [0, 0.05) is 36.9 Å². The topological polar surface area (TPSA) is 104 Å². The number of nitrogens with zero attached hydrogens (tertiary/aromatic N) is 3. The quantitative estimate of drug-likeness (QED) is 0.481. The molecular formula is C19H21N7O. The summed E-state index contributed by atoms with van der Waals surface area (Å²) in [7, 11) is 0. The molecule has 27 heavy (non-hydrogen) atoms. The van der Waals surface area contributed by atoms with E-state index in [2.05, 4.69) is 36.4 Å². The Labute approximate surface area is 157 Å². The summed E-state index contributed by atoms with van der Waals surface area (Å²) >= 11 is 0. The lowest BCUT2D eigenvalue weighted by Crippen LogP contribution is -2.32. The van der Waals surface area contributed by atoms with Gasteiger partial charge in [-0.1, -0.05) is 17.7 Å². The van der Waals surface area contributed by atoms with E-state index in [1.165, 1.54) is 0 Å². The number of hydrogen-bond donors (Lipinski definition) is 4. The van der Waals surface area contributed by atoms with Gasteiger partial charge in [-0.2, -0.15) is 0 Å². The first-order valence-corrected chi connectivity index (χ1v) is 8.55. The molecule has 0 unspecified atom stereocenters. The van der Waals surface area contributed by atoms with E-state index in [4.69, 9.17) is 0 Å². The van der Waals surface area contributed by atoms with E-state index in [0.29, 0.717) is 24.7 Å². The number of anilines is 4. The van der Waals surface area contributed by atoms with Gasteiger partial charge in [-0.15, -0.1) is 10.2 Å². The highest BCUT2D eigenvalue weighted by Gasteiger charge is 2.02. The SMILES string of the molecule is Cc1ccc(NC(=O)NCCNc2ccc(Nc3ccncc3)nn2)cc1. The Hall–Kier alpha value is -3.68. The molecule has 2 aromatic heterocycles. The zero-order valence-corrected chi connectivity index (χ0v) is 14.9. The second kappa shape index (κ2) is 9.14. The Morgan fingerprint density at radius 1 is 0.852 bits per heavy atom. The lowest BCUT2D eigenvalue weighted by atomic mass is 10.2. The number of aromatic nitrogens is 3. The Morgan fingerprint density at radius 2 is 1.56 bits per heavy atom. The van der Waals surface area contributed by atoms with Crippen LogP contribution in [0.3, 0.4) is 0 Å². The number of hydrogen-bond acceptors (Lipinski definition) is 6. The van der Waals surface area contributed by atoms with Crippen LogP contribution < -0.4 is 21.3 Å². The number of nitrogens with one attached hydrogen (secondary N) is 4. The maximum atomic E-state index is 11.8. The van der Waals surface area contributed by atoms with Crippen LogP contribution in [0.25, 0.3) is 0 Å². The average Bonchev–Trinajstić information content (AvgIpc) is 2.69. The highest BCUT2D eigenvalue weighted by molar-refractivity contribution is 5.89. The Balaban J connectivity index is 1.37. The fourth-order valence-corrected chi connectivity index (χ4v) is 2.26. The zero-order chi connectivity index (χ0) is 18.9. The average molecular weight is 363 g/mol. The molecule has 0 atom stereocenters. The van der Waals surface area contributed by atoms with Crippen LogP contribution in [0.15, 0.2) is 60.9 Å². The minimum atomic E-state index is -0.247. The summed E-state index contributed by atoms with van der Waals surface area (Å²) in [4.78, 5) is 15.8. The van der Waals surface area contributed by atoms with Crippen LogP contribution in [-0.4, -0.2) is 34.3 Å². The Morgan fingerprint density at radius 3 is 2.26 bits per heavy atom. The number of pyridine rings is 1. The van der Waals surface area contributed by atoms with Gasteiger partial charge in [0.25, 0.3) is 0 Å². The third kappa shape index (κ3) is 5.96. The monoisotopic (exact) mass is 363 g/mol. The van der Waals surface area contributed by atoms with Crippen molar-refractivity contribution in [3.8, 4) is 0 Å². The van der Waals surface area contributed by atoms with Crippen LogP contribution in [-0.2, 0) is 0 Å². The molecule has 0 fully saturated rings. The number of rotatable bonds is 7. The minimum absolute atomic E-state index is 0.247. The molecule has 4 N–H and O–H groups in total. The molecule has 0 bridgehead atoms. The third-order valence-corrected chi connectivity index (χ3v) is 3.64. The summed E-state index contributed by atoms with van der Waals surface area (Å²) in [6.07, 6.45) is 3.40. The number of amides is 2. The Kier molecular flexibility index (Phi) is 6.13. The number of benzene rings is 1. The second-order valence-corrected chi connectivity index (χ2v) is 5.84. The van der Waals surface area contributed by atoms with Crippen molar-refractivity contribution in [2.24, 2.45) is 0 Å². The van der Waals surface area contributed by atoms with Gasteiger partial charge in [0.05, 0.1) is 0 Å². The molecule has 3 aromatic rings. The summed E-state index contributed by atoms with van der Waals surface area (Å²) in [5.41, 5.74) is 2.80. The summed E-state index contributed by atoms with van der Waals surface area (Å²) < 4.78 is 0. The van der Waals surface area contributed by atoms with Gasteiger partial charge >= 0.3 is 6.03 Å². The molecule has 0 aliphatic heterocycles.